The largest absolute Gasteiger partial charge is 0.296 e. The van der Waals surface area contributed by atoms with Crippen LogP contribution in [0.3, 0.4) is 0 Å². The van der Waals surface area contributed by atoms with Crippen LogP contribution in [0.2, 0.25) is 0 Å². The lowest BCUT2D eigenvalue weighted by molar-refractivity contribution is 0.817. The van der Waals surface area contributed by atoms with E-state index >= 15 is 0 Å². The number of fused-ring (bicyclic) bond motifs is 1. The second kappa shape index (κ2) is 5.12. The van der Waals surface area contributed by atoms with E-state index in [0.717, 1.165) is 24.2 Å². The summed E-state index contributed by atoms with van der Waals surface area (Å²) in [5, 5.41) is 0. The van der Waals surface area contributed by atoms with Crippen LogP contribution in [0.4, 0.5) is 0 Å². The van der Waals surface area contributed by atoms with Gasteiger partial charge in [0.1, 0.15) is 5.82 Å². The van der Waals surface area contributed by atoms with E-state index in [1.54, 1.807) is 0 Å². The second-order valence-electron chi connectivity index (χ2n) is 5.40. The maximum absolute atomic E-state index is 4.83. The molecule has 0 bridgehead atoms. The molecule has 0 unspecified atom stereocenters. The van der Waals surface area contributed by atoms with Gasteiger partial charge in [0.05, 0.1) is 11.0 Å². The number of imidazole rings is 1. The minimum absolute atomic E-state index is 1.00. The average molecular weight is 264 g/mol. The van der Waals surface area contributed by atoms with Gasteiger partial charge in [-0.2, -0.15) is 0 Å². The minimum Gasteiger partial charge on any atom is -0.296 e. The number of hydrogen-bond donors (Lipinski definition) is 0. The number of benzene rings is 2. The molecule has 0 saturated heterocycles. The molecule has 0 atom stereocenters. The van der Waals surface area contributed by atoms with E-state index < -0.39 is 0 Å². The predicted octanol–water partition coefficient (Wildman–Crippen LogP) is 4.59. The lowest BCUT2D eigenvalue weighted by Crippen LogP contribution is -2.02. The molecule has 0 aliphatic rings. The van der Waals surface area contributed by atoms with Crippen molar-refractivity contribution < 1.29 is 0 Å². The van der Waals surface area contributed by atoms with E-state index in [1.165, 1.54) is 22.3 Å². The van der Waals surface area contributed by atoms with E-state index in [2.05, 4.69) is 67.8 Å². The second-order valence-corrected chi connectivity index (χ2v) is 5.40. The third-order valence-corrected chi connectivity index (χ3v) is 3.68. The Hall–Kier alpha value is -2.09. The molecule has 2 heteroatoms. The van der Waals surface area contributed by atoms with Crippen LogP contribution in [0.1, 0.15) is 30.3 Å². The Kier molecular flexibility index (Phi) is 3.31. The summed E-state index contributed by atoms with van der Waals surface area (Å²) in [5.41, 5.74) is 6.10. The van der Waals surface area contributed by atoms with Gasteiger partial charge >= 0.3 is 0 Å². The molecule has 1 heterocycles. The number of nitrogens with zero attached hydrogens (tertiary/aromatic N) is 2. The summed E-state index contributed by atoms with van der Waals surface area (Å²) in [5.74, 6) is 1.16. The highest BCUT2D eigenvalue weighted by molar-refractivity contribution is 5.81. The van der Waals surface area contributed by atoms with Gasteiger partial charge < -0.3 is 0 Å². The summed E-state index contributed by atoms with van der Waals surface area (Å²) in [6.45, 7) is 6.49. The first-order chi connectivity index (χ1) is 9.70. The van der Waals surface area contributed by atoms with Crippen LogP contribution < -0.4 is 0 Å². The van der Waals surface area contributed by atoms with Crippen molar-refractivity contribution in [2.45, 2.75) is 33.6 Å². The first-order valence-corrected chi connectivity index (χ1v) is 7.24. The van der Waals surface area contributed by atoms with Crippen molar-refractivity contribution in [3.05, 3.63) is 59.4 Å². The van der Waals surface area contributed by atoms with E-state index in [1.807, 2.05) is 0 Å². The Labute approximate surface area is 120 Å². The molecule has 0 amide bonds. The smallest absolute Gasteiger partial charge is 0.114 e. The number of hydrogen-bond acceptors (Lipinski definition) is 1. The van der Waals surface area contributed by atoms with Crippen molar-refractivity contribution in [2.75, 3.05) is 0 Å². The Morgan fingerprint density at radius 1 is 1.05 bits per heavy atom. The summed E-state index contributed by atoms with van der Waals surface area (Å²) in [4.78, 5) is 4.83. The lowest BCUT2D eigenvalue weighted by atomic mass is 10.2. The van der Waals surface area contributed by atoms with Crippen molar-refractivity contribution in [1.82, 2.24) is 9.55 Å². The highest BCUT2D eigenvalue weighted by Crippen LogP contribution is 2.25. The number of aryl methyl sites for hydroxylation is 3. The van der Waals surface area contributed by atoms with Gasteiger partial charge in [0.25, 0.3) is 0 Å². The van der Waals surface area contributed by atoms with Gasteiger partial charge in [0, 0.05) is 12.1 Å². The van der Waals surface area contributed by atoms with Gasteiger partial charge in [0.2, 0.25) is 0 Å². The summed E-state index contributed by atoms with van der Waals surface area (Å²) < 4.78 is 2.32. The first kappa shape index (κ1) is 12.9. The zero-order chi connectivity index (χ0) is 14.1. The molecule has 0 N–H and O–H groups in total. The molecule has 0 radical (unpaired) electrons. The fourth-order valence-corrected chi connectivity index (χ4v) is 2.78. The molecule has 3 aromatic rings. The van der Waals surface area contributed by atoms with Gasteiger partial charge in [-0.1, -0.05) is 31.2 Å². The van der Waals surface area contributed by atoms with E-state index in [0.29, 0.717) is 0 Å². The highest BCUT2D eigenvalue weighted by Gasteiger charge is 2.13. The molecule has 2 nitrogen and oxygen atoms in total. The highest BCUT2D eigenvalue weighted by atomic mass is 15.1. The van der Waals surface area contributed by atoms with Gasteiger partial charge in [-0.15, -0.1) is 0 Å². The molecule has 0 fully saturated rings. The van der Waals surface area contributed by atoms with Crippen molar-refractivity contribution in [3.63, 3.8) is 0 Å². The summed E-state index contributed by atoms with van der Waals surface area (Å²) in [6.07, 6.45) is 2.11. The molecule has 2 aromatic carbocycles. The van der Waals surface area contributed by atoms with Crippen molar-refractivity contribution >= 4 is 11.0 Å². The molecule has 3 rings (SSSR count). The fourth-order valence-electron chi connectivity index (χ4n) is 2.78. The van der Waals surface area contributed by atoms with Crippen molar-refractivity contribution in [1.29, 1.82) is 0 Å². The molecule has 20 heavy (non-hydrogen) atoms. The molecule has 0 saturated carbocycles. The average Bonchev–Trinajstić information content (AvgIpc) is 2.79. The number of aromatic nitrogens is 2. The summed E-state index contributed by atoms with van der Waals surface area (Å²) >= 11 is 0. The third kappa shape index (κ3) is 2.11. The van der Waals surface area contributed by atoms with Crippen LogP contribution in [0.5, 0.6) is 0 Å². The molecule has 102 valence electrons. The SMILES string of the molecule is CCCc1nc2cccc(C)c2n1-c1cccc(C)c1. The topological polar surface area (TPSA) is 17.8 Å². The predicted molar refractivity (Wildman–Crippen MR) is 84.5 cm³/mol. The monoisotopic (exact) mass is 264 g/mol. The van der Waals surface area contributed by atoms with Crippen LogP contribution in [0.15, 0.2) is 42.5 Å². The Balaban J connectivity index is 2.34. The first-order valence-electron chi connectivity index (χ1n) is 7.24. The Bertz CT molecular complexity index is 753. The lowest BCUT2D eigenvalue weighted by Gasteiger charge is -2.11. The van der Waals surface area contributed by atoms with E-state index in [-0.39, 0.29) is 0 Å². The molecule has 0 aliphatic heterocycles. The Morgan fingerprint density at radius 3 is 2.60 bits per heavy atom. The van der Waals surface area contributed by atoms with Crippen LogP contribution in [-0.4, -0.2) is 9.55 Å². The van der Waals surface area contributed by atoms with Gasteiger partial charge in [-0.3, -0.25) is 4.57 Å². The normalized spacial score (nSPS) is 11.2. The number of para-hydroxylation sites is 1. The van der Waals surface area contributed by atoms with Gasteiger partial charge in [-0.25, -0.2) is 4.98 Å². The maximum atomic E-state index is 4.83. The van der Waals surface area contributed by atoms with Gasteiger partial charge in [0.15, 0.2) is 0 Å². The van der Waals surface area contributed by atoms with Crippen LogP contribution in [-0.2, 0) is 6.42 Å². The molecule has 0 spiro atoms. The molecule has 0 aliphatic carbocycles. The molecular formula is C18H20N2. The minimum atomic E-state index is 1.00. The third-order valence-electron chi connectivity index (χ3n) is 3.68. The molecule has 1 aromatic heterocycles. The van der Waals surface area contributed by atoms with E-state index in [4.69, 9.17) is 4.98 Å². The summed E-state index contributed by atoms with van der Waals surface area (Å²) in [6, 6.07) is 15.0. The van der Waals surface area contributed by atoms with Crippen molar-refractivity contribution in [3.8, 4) is 5.69 Å². The van der Waals surface area contributed by atoms with Crippen LogP contribution >= 0.6 is 0 Å². The molecular weight excluding hydrogens is 244 g/mol. The standard InChI is InChI=1S/C18H20N2/c1-4-7-17-19-16-11-6-9-14(3)18(16)20(17)15-10-5-8-13(2)12-15/h5-6,8-12H,4,7H2,1-3H3. The summed E-state index contributed by atoms with van der Waals surface area (Å²) in [7, 11) is 0. The van der Waals surface area contributed by atoms with Crippen LogP contribution in [0, 0.1) is 13.8 Å². The Morgan fingerprint density at radius 2 is 1.85 bits per heavy atom. The van der Waals surface area contributed by atoms with Crippen LogP contribution in [0.25, 0.3) is 16.7 Å². The zero-order valence-electron chi connectivity index (χ0n) is 12.4. The van der Waals surface area contributed by atoms with Crippen molar-refractivity contribution in [2.24, 2.45) is 0 Å². The quantitative estimate of drug-likeness (QED) is 0.676. The maximum Gasteiger partial charge on any atom is 0.114 e. The number of rotatable bonds is 3. The fraction of sp³-hybridized carbons (Fsp3) is 0.278. The van der Waals surface area contributed by atoms with Gasteiger partial charge in [-0.05, 0) is 49.6 Å². The van der Waals surface area contributed by atoms with E-state index in [9.17, 15) is 0 Å². The zero-order valence-corrected chi connectivity index (χ0v) is 12.4.